The Bertz CT molecular complexity index is 700. The number of aliphatic hydroxyl groups excluding tert-OH is 1. The van der Waals surface area contributed by atoms with E-state index in [0.29, 0.717) is 25.7 Å². The van der Waals surface area contributed by atoms with Gasteiger partial charge in [0, 0.05) is 31.1 Å². The van der Waals surface area contributed by atoms with Gasteiger partial charge in [0.15, 0.2) is 0 Å². The average molecular weight is 479 g/mol. The zero-order valence-electron chi connectivity index (χ0n) is 21.2. The lowest BCUT2D eigenvalue weighted by molar-refractivity contribution is -0.137. The molecule has 33 heavy (non-hydrogen) atoms. The maximum atomic E-state index is 12.4. The second-order valence-corrected chi connectivity index (χ2v) is 15.5. The van der Waals surface area contributed by atoms with Crippen molar-refractivity contribution in [2.75, 3.05) is 0 Å². The topological polar surface area (TPSA) is 94.8 Å². The third-order valence-corrected chi connectivity index (χ3v) is 7.19. The lowest BCUT2D eigenvalue weighted by atomic mass is 9.87. The van der Waals surface area contributed by atoms with Crippen LogP contribution in [0, 0.1) is 23.3 Å². The lowest BCUT2D eigenvalue weighted by Crippen LogP contribution is -2.28. The molecule has 188 valence electrons. The van der Waals surface area contributed by atoms with E-state index in [2.05, 4.69) is 38.0 Å². The molecule has 1 aliphatic rings. The molecule has 0 amide bonds. The van der Waals surface area contributed by atoms with Gasteiger partial charge in [0.1, 0.15) is 19.5 Å². The van der Waals surface area contributed by atoms with Crippen LogP contribution in [0.1, 0.15) is 90.4 Å². The van der Waals surface area contributed by atoms with Gasteiger partial charge in [-0.3, -0.25) is 9.59 Å². The zero-order valence-corrected chi connectivity index (χ0v) is 22.2. The third kappa shape index (κ3) is 12.6. The Labute approximate surface area is 202 Å². The summed E-state index contributed by atoms with van der Waals surface area (Å²) in [6.45, 7) is 8.67. The van der Waals surface area contributed by atoms with Gasteiger partial charge in [-0.05, 0) is 25.7 Å². The van der Waals surface area contributed by atoms with Crippen molar-refractivity contribution in [1.82, 2.24) is 0 Å². The molecule has 6 heteroatoms. The van der Waals surface area contributed by atoms with E-state index in [-0.39, 0.29) is 30.5 Å². The highest BCUT2D eigenvalue weighted by Gasteiger charge is 2.39. The number of carboxylic acid groups (broad SMARTS) is 1. The van der Waals surface area contributed by atoms with Crippen LogP contribution in [0.5, 0.6) is 0 Å². The van der Waals surface area contributed by atoms with Crippen LogP contribution in [0.3, 0.4) is 0 Å². The van der Waals surface area contributed by atoms with E-state index < -0.39 is 25.7 Å². The highest BCUT2D eigenvalue weighted by atomic mass is 28.3. The normalized spacial score (nSPS) is 22.8. The Morgan fingerprint density at radius 3 is 2.42 bits per heavy atom. The molecule has 0 aliphatic heterocycles. The molecule has 1 saturated carbocycles. The summed E-state index contributed by atoms with van der Waals surface area (Å²) in [5, 5.41) is 30.4. The van der Waals surface area contributed by atoms with Crippen LogP contribution in [-0.2, 0) is 9.59 Å². The minimum Gasteiger partial charge on any atom is -0.481 e. The predicted molar refractivity (Wildman–Crippen MR) is 137 cm³/mol. The maximum Gasteiger partial charge on any atom is 0.303 e. The van der Waals surface area contributed by atoms with Crippen LogP contribution < -0.4 is 0 Å². The minimum atomic E-state index is -1.61. The standard InChI is InChI=1S/C27H46O5Si/c1-5-6-7-12-17-27(32,19-20-33(2,3)4)18-13-15-23-22(24(28)21-25(23)29)14-10-8-9-11-16-26(30)31/h13,15,22-23,25,29,32H,5-12,14,16-18,21H2,1-4H3,(H,30,31)/t22-,23-,25-,27?/m1/s1. The summed E-state index contributed by atoms with van der Waals surface area (Å²) < 4.78 is 0. The summed E-state index contributed by atoms with van der Waals surface area (Å²) in [6.07, 6.45) is 12.9. The fourth-order valence-electron chi connectivity index (χ4n) is 4.37. The second kappa shape index (κ2) is 14.8. The molecule has 5 nitrogen and oxygen atoms in total. The first-order chi connectivity index (χ1) is 15.5. The van der Waals surface area contributed by atoms with Crippen molar-refractivity contribution in [1.29, 1.82) is 0 Å². The van der Waals surface area contributed by atoms with Crippen LogP contribution in [-0.4, -0.2) is 46.9 Å². The first-order valence-corrected chi connectivity index (χ1v) is 16.3. The Balaban J connectivity index is 2.72. The van der Waals surface area contributed by atoms with E-state index in [1.54, 1.807) is 0 Å². The molecule has 0 radical (unpaired) electrons. The number of ketones is 1. The molecule has 3 N–H and O–H groups in total. The lowest BCUT2D eigenvalue weighted by Gasteiger charge is -2.23. The summed E-state index contributed by atoms with van der Waals surface area (Å²) in [5.41, 5.74) is 2.26. The van der Waals surface area contributed by atoms with Crippen LogP contribution >= 0.6 is 0 Å². The van der Waals surface area contributed by atoms with Gasteiger partial charge in [-0.15, -0.1) is 5.54 Å². The molecule has 0 heterocycles. The van der Waals surface area contributed by atoms with Crippen molar-refractivity contribution in [3.63, 3.8) is 0 Å². The first-order valence-electron chi connectivity index (χ1n) is 12.8. The molecule has 4 atom stereocenters. The Morgan fingerprint density at radius 1 is 1.12 bits per heavy atom. The van der Waals surface area contributed by atoms with Crippen LogP contribution in [0.4, 0.5) is 0 Å². The van der Waals surface area contributed by atoms with E-state index in [4.69, 9.17) is 5.11 Å². The number of carboxylic acids is 1. The Morgan fingerprint density at radius 2 is 1.79 bits per heavy atom. The van der Waals surface area contributed by atoms with Gasteiger partial charge >= 0.3 is 5.97 Å². The first kappa shape index (κ1) is 29.6. The highest BCUT2D eigenvalue weighted by molar-refractivity contribution is 6.83. The number of unbranched alkanes of at least 4 members (excludes halogenated alkanes) is 6. The van der Waals surface area contributed by atoms with Crippen molar-refractivity contribution in [3.05, 3.63) is 12.2 Å². The molecule has 0 aromatic rings. The molecular formula is C27H46O5Si. The summed E-state index contributed by atoms with van der Waals surface area (Å²) in [4.78, 5) is 23.0. The van der Waals surface area contributed by atoms with Gasteiger partial charge < -0.3 is 15.3 Å². The number of Topliss-reactive ketones (excluding diaryl/α,β-unsaturated/α-hetero) is 1. The van der Waals surface area contributed by atoms with E-state index in [0.717, 1.165) is 44.9 Å². The molecule has 1 unspecified atom stereocenters. The quantitative estimate of drug-likeness (QED) is 0.125. The van der Waals surface area contributed by atoms with Crippen molar-refractivity contribution < 1.29 is 24.9 Å². The van der Waals surface area contributed by atoms with E-state index in [1.165, 1.54) is 0 Å². The minimum absolute atomic E-state index is 0.107. The van der Waals surface area contributed by atoms with Crippen LogP contribution in [0.25, 0.3) is 0 Å². The second-order valence-electron chi connectivity index (χ2n) is 10.7. The van der Waals surface area contributed by atoms with Gasteiger partial charge in [-0.2, -0.15) is 0 Å². The monoisotopic (exact) mass is 478 g/mol. The molecule has 1 aliphatic carbocycles. The Kier molecular flexibility index (Phi) is 13.2. The highest BCUT2D eigenvalue weighted by Crippen LogP contribution is 2.35. The number of aliphatic carboxylic acids is 1. The van der Waals surface area contributed by atoms with Gasteiger partial charge in [-0.1, -0.05) is 83.2 Å². The van der Waals surface area contributed by atoms with Crippen molar-refractivity contribution in [2.24, 2.45) is 11.8 Å². The number of aliphatic hydroxyl groups is 2. The van der Waals surface area contributed by atoms with Crippen molar-refractivity contribution >= 4 is 19.8 Å². The van der Waals surface area contributed by atoms with Gasteiger partial charge in [-0.25, -0.2) is 0 Å². The zero-order chi connectivity index (χ0) is 24.9. The summed E-state index contributed by atoms with van der Waals surface area (Å²) in [5.74, 6) is 2.10. The third-order valence-electron chi connectivity index (χ3n) is 6.32. The van der Waals surface area contributed by atoms with E-state index in [1.807, 2.05) is 12.2 Å². The molecule has 1 rings (SSSR count). The summed E-state index contributed by atoms with van der Waals surface area (Å²) >= 11 is 0. The summed E-state index contributed by atoms with van der Waals surface area (Å²) in [7, 11) is -1.61. The van der Waals surface area contributed by atoms with Gasteiger partial charge in [0.05, 0.1) is 6.10 Å². The van der Waals surface area contributed by atoms with Crippen molar-refractivity contribution in [2.45, 2.75) is 122 Å². The van der Waals surface area contributed by atoms with Crippen LogP contribution in [0.2, 0.25) is 19.6 Å². The SMILES string of the molecule is CCCCCCC(O)(C#C[Si](C)(C)C)CC=C[C@H]1[C@H](O)CC(=O)[C@@H]1CCCCCCC(=O)O. The number of carbonyl (C=O) groups excluding carboxylic acids is 1. The molecule has 0 spiro atoms. The molecular weight excluding hydrogens is 432 g/mol. The smallest absolute Gasteiger partial charge is 0.303 e. The average Bonchev–Trinajstić information content (AvgIpc) is 2.98. The number of carbonyl (C=O) groups is 2. The largest absolute Gasteiger partial charge is 0.481 e. The van der Waals surface area contributed by atoms with Crippen LogP contribution in [0.15, 0.2) is 12.2 Å². The van der Waals surface area contributed by atoms with Gasteiger partial charge in [0.2, 0.25) is 0 Å². The van der Waals surface area contributed by atoms with E-state index >= 15 is 0 Å². The number of hydrogen-bond donors (Lipinski definition) is 3. The van der Waals surface area contributed by atoms with Gasteiger partial charge in [0.25, 0.3) is 0 Å². The molecule has 0 saturated heterocycles. The fraction of sp³-hybridized carbons (Fsp3) is 0.778. The van der Waals surface area contributed by atoms with Crippen molar-refractivity contribution in [3.8, 4) is 11.5 Å². The Hall–Kier alpha value is -1.42. The molecule has 0 aromatic carbocycles. The molecule has 0 bridgehead atoms. The fourth-order valence-corrected chi connectivity index (χ4v) is 4.98. The van der Waals surface area contributed by atoms with E-state index in [9.17, 15) is 19.8 Å². The molecule has 1 fully saturated rings. The molecule has 0 aromatic heterocycles. The maximum absolute atomic E-state index is 12.4. The number of rotatable bonds is 15. The predicted octanol–water partition coefficient (Wildman–Crippen LogP) is 5.51. The summed E-state index contributed by atoms with van der Waals surface area (Å²) in [6, 6.07) is 0. The number of hydrogen-bond acceptors (Lipinski definition) is 4.